The van der Waals surface area contributed by atoms with E-state index in [1.165, 1.54) is 0 Å². The van der Waals surface area contributed by atoms with Crippen LogP contribution in [0.2, 0.25) is 10.0 Å². The quantitative estimate of drug-likeness (QED) is 0.544. The molecule has 0 radical (unpaired) electrons. The number of halogens is 2. The van der Waals surface area contributed by atoms with E-state index in [1.807, 2.05) is 25.8 Å². The molecule has 0 fully saturated rings. The fourth-order valence-electron chi connectivity index (χ4n) is 1.88. The SMILES string of the molecule is CCN(C)C=Nc1cc(Cl)c(S(=O)c2ccccc2Cl)cc1C. The van der Waals surface area contributed by atoms with Crippen LogP contribution in [0.3, 0.4) is 0 Å². The van der Waals surface area contributed by atoms with Gasteiger partial charge in [0.25, 0.3) is 0 Å². The van der Waals surface area contributed by atoms with Crippen molar-refractivity contribution in [3.05, 3.63) is 52.0 Å². The molecule has 2 aromatic rings. The fourth-order valence-corrected chi connectivity index (χ4v) is 3.80. The molecule has 3 nitrogen and oxygen atoms in total. The van der Waals surface area contributed by atoms with Crippen LogP contribution in [0.4, 0.5) is 5.69 Å². The van der Waals surface area contributed by atoms with Gasteiger partial charge in [0.05, 0.1) is 42.7 Å². The van der Waals surface area contributed by atoms with E-state index in [4.69, 9.17) is 23.2 Å². The average molecular weight is 369 g/mol. The first-order chi connectivity index (χ1) is 10.9. The summed E-state index contributed by atoms with van der Waals surface area (Å²) in [6.07, 6.45) is 1.75. The third-order valence-electron chi connectivity index (χ3n) is 3.38. The lowest BCUT2D eigenvalue weighted by Crippen LogP contribution is -2.14. The zero-order chi connectivity index (χ0) is 17.0. The summed E-state index contributed by atoms with van der Waals surface area (Å²) in [6.45, 7) is 4.83. The minimum Gasteiger partial charge on any atom is -0.366 e. The molecule has 2 rings (SSSR count). The number of hydrogen-bond donors (Lipinski definition) is 0. The first-order valence-electron chi connectivity index (χ1n) is 7.15. The topological polar surface area (TPSA) is 32.7 Å². The summed E-state index contributed by atoms with van der Waals surface area (Å²) in [7, 11) is 0.517. The van der Waals surface area contributed by atoms with Crippen LogP contribution in [0, 0.1) is 6.92 Å². The van der Waals surface area contributed by atoms with Crippen molar-refractivity contribution in [1.29, 1.82) is 0 Å². The van der Waals surface area contributed by atoms with Gasteiger partial charge in [-0.1, -0.05) is 35.3 Å². The fraction of sp³-hybridized carbons (Fsp3) is 0.235. The Morgan fingerprint density at radius 1 is 1.17 bits per heavy atom. The number of aliphatic imine (C=N–C) groups is 1. The Morgan fingerprint density at radius 2 is 1.87 bits per heavy atom. The normalized spacial score (nSPS) is 12.6. The van der Waals surface area contributed by atoms with Gasteiger partial charge in [-0.2, -0.15) is 0 Å². The number of nitrogens with zero attached hydrogens (tertiary/aromatic N) is 2. The molecule has 6 heteroatoms. The molecule has 0 spiro atoms. The van der Waals surface area contributed by atoms with E-state index in [1.54, 1.807) is 42.7 Å². The molecule has 0 bridgehead atoms. The highest BCUT2D eigenvalue weighted by Crippen LogP contribution is 2.33. The second-order valence-corrected chi connectivity index (χ2v) is 7.32. The van der Waals surface area contributed by atoms with Gasteiger partial charge >= 0.3 is 0 Å². The third kappa shape index (κ3) is 4.34. The standard InChI is InChI=1S/C17H18Cl2N2OS/c1-4-21(3)11-20-15-10-14(19)17(9-12(15)2)23(22)16-8-6-5-7-13(16)18/h5-11H,4H2,1-3H3. The highest BCUT2D eigenvalue weighted by Gasteiger charge is 2.15. The largest absolute Gasteiger partial charge is 0.366 e. The smallest absolute Gasteiger partial charge is 0.0909 e. The van der Waals surface area contributed by atoms with Crippen molar-refractivity contribution < 1.29 is 4.21 Å². The van der Waals surface area contributed by atoms with E-state index in [9.17, 15) is 4.21 Å². The van der Waals surface area contributed by atoms with Crippen LogP contribution >= 0.6 is 23.2 Å². The first-order valence-corrected chi connectivity index (χ1v) is 9.05. The second-order valence-electron chi connectivity index (χ2n) is 5.09. The van der Waals surface area contributed by atoms with Gasteiger partial charge in [-0.15, -0.1) is 0 Å². The number of rotatable bonds is 5. The molecule has 0 heterocycles. The molecule has 0 aliphatic carbocycles. The van der Waals surface area contributed by atoms with Crippen LogP contribution in [0.25, 0.3) is 0 Å². The minimum atomic E-state index is -1.43. The number of hydrogen-bond acceptors (Lipinski definition) is 2. The van der Waals surface area contributed by atoms with Gasteiger partial charge in [0, 0.05) is 13.6 Å². The van der Waals surface area contributed by atoms with Crippen LogP contribution in [-0.4, -0.2) is 29.0 Å². The van der Waals surface area contributed by atoms with Crippen molar-refractivity contribution >= 4 is 46.0 Å². The summed E-state index contributed by atoms with van der Waals surface area (Å²) in [6, 6.07) is 10.6. The van der Waals surface area contributed by atoms with Crippen molar-refractivity contribution in [3.8, 4) is 0 Å². The molecule has 23 heavy (non-hydrogen) atoms. The molecule has 0 aromatic heterocycles. The van der Waals surface area contributed by atoms with E-state index in [-0.39, 0.29) is 0 Å². The van der Waals surface area contributed by atoms with Crippen molar-refractivity contribution in [2.75, 3.05) is 13.6 Å². The van der Waals surface area contributed by atoms with Gasteiger partial charge in [-0.05, 0) is 43.7 Å². The van der Waals surface area contributed by atoms with Crippen LogP contribution < -0.4 is 0 Å². The zero-order valence-corrected chi connectivity index (χ0v) is 15.5. The molecule has 122 valence electrons. The molecule has 0 saturated heterocycles. The predicted octanol–water partition coefficient (Wildman–Crippen LogP) is 5.08. The zero-order valence-electron chi connectivity index (χ0n) is 13.2. The molecule has 0 saturated carbocycles. The van der Waals surface area contributed by atoms with Crippen LogP contribution in [0.15, 0.2) is 51.2 Å². The summed E-state index contributed by atoms with van der Waals surface area (Å²) >= 11 is 12.5. The van der Waals surface area contributed by atoms with Crippen molar-refractivity contribution in [1.82, 2.24) is 4.90 Å². The van der Waals surface area contributed by atoms with Crippen molar-refractivity contribution in [2.45, 2.75) is 23.6 Å². The predicted molar refractivity (Wildman–Crippen MR) is 98.8 cm³/mol. The van der Waals surface area contributed by atoms with Gasteiger partial charge in [0.15, 0.2) is 0 Å². The van der Waals surface area contributed by atoms with Gasteiger partial charge in [-0.25, -0.2) is 9.20 Å². The molecule has 0 aliphatic heterocycles. The summed E-state index contributed by atoms with van der Waals surface area (Å²) in [4.78, 5) is 7.48. The van der Waals surface area contributed by atoms with E-state index >= 15 is 0 Å². The molecular weight excluding hydrogens is 351 g/mol. The Bertz CT molecular complexity index is 762. The van der Waals surface area contributed by atoms with Gasteiger partial charge in [0.2, 0.25) is 0 Å². The highest BCUT2D eigenvalue weighted by atomic mass is 35.5. The summed E-state index contributed by atoms with van der Waals surface area (Å²) in [5.41, 5.74) is 1.67. The van der Waals surface area contributed by atoms with Gasteiger partial charge in [0.1, 0.15) is 0 Å². The van der Waals surface area contributed by atoms with Crippen LogP contribution in [-0.2, 0) is 10.8 Å². The minimum absolute atomic E-state index is 0.417. The Morgan fingerprint density at radius 3 is 2.52 bits per heavy atom. The summed E-state index contributed by atoms with van der Waals surface area (Å²) < 4.78 is 12.8. The van der Waals surface area contributed by atoms with E-state index in [0.29, 0.717) is 19.8 Å². The molecular formula is C17H18Cl2N2OS. The molecule has 2 aromatic carbocycles. The summed E-state index contributed by atoms with van der Waals surface area (Å²) in [5.74, 6) is 0. The van der Waals surface area contributed by atoms with E-state index in [2.05, 4.69) is 4.99 Å². The molecule has 0 aliphatic rings. The lowest BCUT2D eigenvalue weighted by Gasteiger charge is -2.11. The van der Waals surface area contributed by atoms with Crippen LogP contribution in [0.1, 0.15) is 12.5 Å². The maximum Gasteiger partial charge on any atom is 0.0909 e. The molecule has 1 unspecified atom stereocenters. The van der Waals surface area contributed by atoms with E-state index in [0.717, 1.165) is 17.8 Å². The van der Waals surface area contributed by atoms with Crippen LogP contribution in [0.5, 0.6) is 0 Å². The lowest BCUT2D eigenvalue weighted by molar-refractivity contribution is 0.552. The molecule has 0 amide bonds. The highest BCUT2D eigenvalue weighted by molar-refractivity contribution is 7.85. The number of aryl methyl sites for hydroxylation is 1. The second kappa shape index (κ2) is 7.95. The lowest BCUT2D eigenvalue weighted by atomic mass is 10.2. The first kappa shape index (κ1) is 18.0. The molecule has 1 atom stereocenters. The average Bonchev–Trinajstić information content (AvgIpc) is 2.54. The monoisotopic (exact) mass is 368 g/mol. The van der Waals surface area contributed by atoms with Crippen molar-refractivity contribution in [2.24, 2.45) is 4.99 Å². The van der Waals surface area contributed by atoms with Gasteiger partial charge in [-0.3, -0.25) is 0 Å². The third-order valence-corrected chi connectivity index (χ3v) is 5.74. The maximum absolute atomic E-state index is 12.8. The number of benzene rings is 2. The Balaban J connectivity index is 2.39. The summed E-state index contributed by atoms with van der Waals surface area (Å²) in [5, 5.41) is 0.881. The van der Waals surface area contributed by atoms with E-state index < -0.39 is 10.8 Å². The van der Waals surface area contributed by atoms with Crippen molar-refractivity contribution in [3.63, 3.8) is 0 Å². The maximum atomic E-state index is 12.8. The Kier molecular flexibility index (Phi) is 6.22. The Hall–Kier alpha value is -1.36. The van der Waals surface area contributed by atoms with Gasteiger partial charge < -0.3 is 4.90 Å². The Labute approximate surface area is 149 Å². The molecule has 0 N–H and O–H groups in total.